The molecule has 0 radical (unpaired) electrons. The molecule has 1 saturated carbocycles. The fraction of sp³-hybridized carbons (Fsp3) is 0.671. The zero-order valence-electron chi connectivity index (χ0n) is 60.9. The maximum absolute atomic E-state index is 15.6. The molecule has 552 valence electrons. The number of nitrogens with zero attached hydrogens (tertiary/aromatic N) is 8. The van der Waals surface area contributed by atoms with Crippen LogP contribution < -0.4 is 26.0 Å². The number of ether oxygens (including phenoxy) is 1. The van der Waals surface area contributed by atoms with Gasteiger partial charge in [0.25, 0.3) is 0 Å². The van der Waals surface area contributed by atoms with E-state index in [4.69, 9.17) is 4.74 Å². The van der Waals surface area contributed by atoms with Crippen LogP contribution in [0, 0.1) is 29.4 Å². The van der Waals surface area contributed by atoms with Crippen LogP contribution in [-0.2, 0) is 70.4 Å². The van der Waals surface area contributed by atoms with Gasteiger partial charge in [0.05, 0.1) is 20.1 Å². The van der Waals surface area contributed by atoms with Crippen LogP contribution in [0.1, 0.15) is 162 Å². The number of likely N-dealkylation sites (N-methyl/N-ethyl adjacent to an activating group) is 5. The molecule has 0 aromatic heterocycles. The van der Waals surface area contributed by atoms with Gasteiger partial charge in [0.15, 0.2) is 11.6 Å². The predicted octanol–water partition coefficient (Wildman–Crippen LogP) is 4.35. The zero-order valence-corrected chi connectivity index (χ0v) is 60.9. The van der Waals surface area contributed by atoms with E-state index in [1.54, 1.807) is 29.2 Å². The number of amides is 12. The lowest BCUT2D eigenvalue weighted by Crippen LogP contribution is -2.66. The summed E-state index contributed by atoms with van der Waals surface area (Å²) in [6.45, 7) is 12.5. The third-order valence-corrected chi connectivity index (χ3v) is 20.9. The standard InChI is InChI=1S/C73H108F2N12O13/c1-14-15-27-51-66(93)84(12)73(6,7)72(99)78-53(38-44(2)3)65(92)82(10)58(69(96)85-34-18-16-19-35-85)42-60(89)81(9)56(39-45(4)5)64(91)79-62(47-23-21-24-47)71(98)86-36-20-17-28-54(86)70(97)87-37-33-55(87)68(95)83(11)57(40-46-29-31-49(100-13)32-30-46)67(94)80(8)43-59(88)76-52(63(90)77-51)41-48-25-22-26-50(74)61(48)75/h22,25-26,29-32,44-45,47,51-58,62H,14-21,23-24,27-28,33-43H2,1-13H3,(H,76,88)(H,77,90)(H,78,99)(H,79,91)/t51?,52-,53-,54-,55-,56?,57?,58-,62-/m0/s1. The maximum atomic E-state index is 15.6. The molecule has 3 unspecified atom stereocenters. The van der Waals surface area contributed by atoms with Gasteiger partial charge >= 0.3 is 0 Å². The molecule has 0 spiro atoms. The highest BCUT2D eigenvalue weighted by Gasteiger charge is 2.49. The summed E-state index contributed by atoms with van der Waals surface area (Å²) in [5.41, 5.74) is -1.50. The maximum Gasteiger partial charge on any atom is 0.246 e. The molecule has 9 atom stereocenters. The van der Waals surface area contributed by atoms with Crippen LogP contribution >= 0.6 is 0 Å². The Labute approximate surface area is 587 Å². The number of hydrogen-bond acceptors (Lipinski definition) is 13. The Morgan fingerprint density at radius 2 is 1.24 bits per heavy atom. The quantitative estimate of drug-likeness (QED) is 0.205. The molecule has 27 heteroatoms. The lowest BCUT2D eigenvalue weighted by Gasteiger charge is -2.47. The summed E-state index contributed by atoms with van der Waals surface area (Å²) in [5.74, 6) is -11.1. The van der Waals surface area contributed by atoms with Gasteiger partial charge in [0, 0.05) is 74.3 Å². The SMILES string of the molecule is CCCCC1NC(=O)[C@H](Cc2cccc(F)c2F)NC(=O)CN(C)C(=O)C(Cc2ccc(OC)cc2)N(C)C(=O)[C@@H]2CCN2C(=O)[C@@H]2CCCCN2C(=O)[C@H](C2CCC2)NC(=O)C(CC(C)C)N(C)C(=O)C[C@@H](C(=O)N2CCCCC2)N(C)C(=O)[C@H](CC(C)C)NC(=O)C(C)(C)N(C)C1=O. The molecule has 100 heavy (non-hydrogen) atoms. The largest absolute Gasteiger partial charge is 0.497 e. The second-order valence-corrected chi connectivity index (χ2v) is 29.3. The van der Waals surface area contributed by atoms with Gasteiger partial charge in [-0.1, -0.05) is 78.1 Å². The third-order valence-electron chi connectivity index (χ3n) is 20.9. The van der Waals surface area contributed by atoms with Crippen molar-refractivity contribution in [3.05, 3.63) is 65.2 Å². The van der Waals surface area contributed by atoms with E-state index in [-0.39, 0.29) is 74.9 Å². The number of fused-ring (bicyclic) bond motifs is 2. The number of benzene rings is 2. The molecule has 2 aromatic rings. The minimum atomic E-state index is -1.78. The van der Waals surface area contributed by atoms with Crippen molar-refractivity contribution < 1.29 is 71.1 Å². The highest BCUT2D eigenvalue weighted by molar-refractivity contribution is 6.01. The van der Waals surface area contributed by atoms with Crippen LogP contribution in [-0.4, -0.2) is 245 Å². The summed E-state index contributed by atoms with van der Waals surface area (Å²) in [5, 5.41) is 11.2. The van der Waals surface area contributed by atoms with Crippen molar-refractivity contribution in [2.45, 2.75) is 224 Å². The molecular weight excluding hydrogens is 1290 g/mol. The van der Waals surface area contributed by atoms with Gasteiger partial charge < -0.3 is 65.2 Å². The van der Waals surface area contributed by atoms with E-state index in [1.165, 1.54) is 87.9 Å². The number of rotatable bonds is 14. The molecule has 2 aromatic carbocycles. The first-order chi connectivity index (χ1) is 47.3. The predicted molar refractivity (Wildman–Crippen MR) is 369 cm³/mol. The van der Waals surface area contributed by atoms with E-state index in [1.807, 2.05) is 34.6 Å². The van der Waals surface area contributed by atoms with Crippen LogP contribution in [0.15, 0.2) is 42.5 Å². The van der Waals surface area contributed by atoms with E-state index < -0.39 is 162 Å². The Bertz CT molecular complexity index is 3290. The second-order valence-electron chi connectivity index (χ2n) is 29.3. The van der Waals surface area contributed by atoms with Crippen molar-refractivity contribution in [2.75, 3.05) is 75.1 Å². The smallest absolute Gasteiger partial charge is 0.246 e. The molecule has 4 N–H and O–H groups in total. The van der Waals surface area contributed by atoms with Gasteiger partial charge in [-0.3, -0.25) is 57.5 Å². The summed E-state index contributed by atoms with van der Waals surface area (Å²) < 4.78 is 35.9. The van der Waals surface area contributed by atoms with Crippen molar-refractivity contribution in [2.24, 2.45) is 17.8 Å². The lowest BCUT2D eigenvalue weighted by atomic mass is 9.78. The van der Waals surface area contributed by atoms with Gasteiger partial charge in [-0.25, -0.2) is 8.78 Å². The van der Waals surface area contributed by atoms with Crippen molar-refractivity contribution in [3.63, 3.8) is 0 Å². The van der Waals surface area contributed by atoms with E-state index in [2.05, 4.69) is 21.3 Å². The molecule has 25 nitrogen and oxygen atoms in total. The van der Waals surface area contributed by atoms with E-state index in [9.17, 15) is 28.4 Å². The average Bonchev–Trinajstić information content (AvgIpc) is 0.772. The van der Waals surface area contributed by atoms with Crippen LogP contribution in [0.5, 0.6) is 5.75 Å². The lowest BCUT2D eigenvalue weighted by molar-refractivity contribution is -0.162. The van der Waals surface area contributed by atoms with Crippen LogP contribution in [0.25, 0.3) is 0 Å². The number of likely N-dealkylation sites (tertiary alicyclic amines) is 1. The second kappa shape index (κ2) is 35.4. The van der Waals surface area contributed by atoms with Gasteiger partial charge in [-0.05, 0) is 138 Å². The van der Waals surface area contributed by atoms with Gasteiger partial charge in [-0.2, -0.15) is 0 Å². The first-order valence-electron chi connectivity index (χ1n) is 35.8. The molecule has 0 bridgehead atoms. The first-order valence-corrected chi connectivity index (χ1v) is 35.8. The molecule has 4 heterocycles. The van der Waals surface area contributed by atoms with Crippen molar-refractivity contribution in [1.29, 1.82) is 0 Å². The molecule has 1 aliphatic carbocycles. The third kappa shape index (κ3) is 19.2. The topological polar surface area (TPSA) is 288 Å². The zero-order chi connectivity index (χ0) is 73.6. The first kappa shape index (κ1) is 79.1. The number of nitrogens with one attached hydrogen (secondary N) is 4. The van der Waals surface area contributed by atoms with Crippen molar-refractivity contribution in [1.82, 2.24) is 60.5 Å². The van der Waals surface area contributed by atoms with Crippen LogP contribution in [0.4, 0.5) is 8.78 Å². The number of unbranched alkanes of at least 4 members (excludes halogenated alkanes) is 1. The summed E-state index contributed by atoms with van der Waals surface area (Å²) in [6, 6.07) is -1.44. The Kier molecular flexibility index (Phi) is 28.0. The molecule has 5 aliphatic rings. The Morgan fingerprint density at radius 3 is 1.84 bits per heavy atom. The van der Waals surface area contributed by atoms with E-state index in [0.717, 1.165) is 33.6 Å². The minimum absolute atomic E-state index is 0.00607. The normalized spacial score (nSPS) is 26.3. The number of carbonyl (C=O) groups excluding carboxylic acids is 12. The molecular formula is C73H108F2N12O13. The number of carbonyl (C=O) groups is 12. The minimum Gasteiger partial charge on any atom is -0.497 e. The van der Waals surface area contributed by atoms with Crippen LogP contribution in [0.2, 0.25) is 0 Å². The highest BCUT2D eigenvalue weighted by Crippen LogP contribution is 2.34. The van der Waals surface area contributed by atoms with Gasteiger partial charge in [0.2, 0.25) is 70.9 Å². The fourth-order valence-corrected chi connectivity index (χ4v) is 13.9. The summed E-state index contributed by atoms with van der Waals surface area (Å²) in [4.78, 5) is 190. The molecule has 4 aliphatic heterocycles. The summed E-state index contributed by atoms with van der Waals surface area (Å²) in [7, 11) is 8.41. The Morgan fingerprint density at radius 1 is 0.600 bits per heavy atom. The van der Waals surface area contributed by atoms with Gasteiger partial charge in [-0.15, -0.1) is 0 Å². The molecule has 5 fully saturated rings. The van der Waals surface area contributed by atoms with Crippen molar-refractivity contribution >= 4 is 70.9 Å². The summed E-state index contributed by atoms with van der Waals surface area (Å²) in [6.07, 6.45) is 5.59. The highest BCUT2D eigenvalue weighted by atomic mass is 19.2. The molecule has 12 amide bonds. The fourth-order valence-electron chi connectivity index (χ4n) is 13.9. The molecule has 7 rings (SSSR count). The number of halogens is 2. The Hall–Kier alpha value is -8.26. The number of piperidine rings is 2. The average molecular weight is 1400 g/mol. The summed E-state index contributed by atoms with van der Waals surface area (Å²) >= 11 is 0. The van der Waals surface area contributed by atoms with Gasteiger partial charge in [0.1, 0.15) is 65.7 Å². The van der Waals surface area contributed by atoms with E-state index in [0.29, 0.717) is 75.8 Å². The molecule has 4 saturated heterocycles. The monoisotopic (exact) mass is 1400 g/mol. The van der Waals surface area contributed by atoms with E-state index >= 15 is 38.0 Å². The number of methoxy groups -OCH3 is 1. The van der Waals surface area contributed by atoms with Crippen molar-refractivity contribution in [3.8, 4) is 5.75 Å². The number of hydrogen-bond donors (Lipinski definition) is 4. The van der Waals surface area contributed by atoms with Crippen LogP contribution in [0.3, 0.4) is 0 Å². The Balaban J connectivity index is 1.30.